The molecule has 3 heteroatoms. The Balaban J connectivity index is 2.16. The van der Waals surface area contributed by atoms with Crippen LogP contribution in [0.3, 0.4) is 0 Å². The van der Waals surface area contributed by atoms with Crippen LogP contribution in [-0.2, 0) is 0 Å². The van der Waals surface area contributed by atoms with Crippen LogP contribution in [-0.4, -0.2) is 23.4 Å². The van der Waals surface area contributed by atoms with Crippen LogP contribution in [0.2, 0.25) is 0 Å². The molecule has 0 saturated heterocycles. The molecule has 0 radical (unpaired) electrons. The van der Waals surface area contributed by atoms with Gasteiger partial charge in [0.15, 0.2) is 5.78 Å². The van der Waals surface area contributed by atoms with E-state index in [0.717, 1.165) is 17.9 Å². The first-order valence-corrected chi connectivity index (χ1v) is 6.46. The van der Waals surface area contributed by atoms with Crippen molar-refractivity contribution in [3.63, 3.8) is 0 Å². The topological polar surface area (TPSA) is 33.2 Å². The van der Waals surface area contributed by atoms with Gasteiger partial charge in [0.2, 0.25) is 0 Å². The van der Waals surface area contributed by atoms with Crippen LogP contribution < -0.4 is 4.90 Å². The highest BCUT2D eigenvalue weighted by Gasteiger charge is 2.29. The van der Waals surface area contributed by atoms with Crippen molar-refractivity contribution in [3.8, 4) is 0 Å². The second kappa shape index (κ2) is 5.30. The number of aromatic nitrogens is 1. The van der Waals surface area contributed by atoms with Gasteiger partial charge in [-0.2, -0.15) is 0 Å². The Morgan fingerprint density at radius 1 is 1.53 bits per heavy atom. The second-order valence-electron chi connectivity index (χ2n) is 4.74. The lowest BCUT2D eigenvalue weighted by Gasteiger charge is -2.23. The summed E-state index contributed by atoms with van der Waals surface area (Å²) in [6.45, 7) is 4.85. The van der Waals surface area contributed by atoms with Gasteiger partial charge < -0.3 is 4.90 Å². The van der Waals surface area contributed by atoms with E-state index in [4.69, 9.17) is 0 Å². The number of rotatable bonds is 6. The lowest BCUT2D eigenvalue weighted by atomic mass is 10.2. The number of carbonyl (C=O) groups excluding carboxylic acids is 1. The number of pyridine rings is 1. The Hall–Kier alpha value is -1.38. The molecule has 3 nitrogen and oxygen atoms in total. The summed E-state index contributed by atoms with van der Waals surface area (Å²) in [5.41, 5.74) is 0.761. The molecule has 2 rings (SSSR count). The van der Waals surface area contributed by atoms with E-state index in [1.165, 1.54) is 25.7 Å². The van der Waals surface area contributed by atoms with E-state index in [9.17, 15) is 4.79 Å². The molecule has 17 heavy (non-hydrogen) atoms. The first-order chi connectivity index (χ1) is 8.22. The fourth-order valence-electron chi connectivity index (χ4n) is 1.99. The third-order valence-electron chi connectivity index (χ3n) is 3.19. The lowest BCUT2D eigenvalue weighted by Crippen LogP contribution is -2.27. The maximum atomic E-state index is 11.4. The van der Waals surface area contributed by atoms with Crippen LogP contribution in [0.15, 0.2) is 18.3 Å². The van der Waals surface area contributed by atoms with Gasteiger partial charge in [0.1, 0.15) is 5.82 Å². The molecular weight excluding hydrogens is 212 g/mol. The number of carbonyl (C=O) groups is 1. The third kappa shape index (κ3) is 3.05. The lowest BCUT2D eigenvalue weighted by molar-refractivity contribution is 0.101. The molecule has 0 aromatic carbocycles. The average Bonchev–Trinajstić information content (AvgIpc) is 3.14. The van der Waals surface area contributed by atoms with E-state index in [1.807, 2.05) is 6.07 Å². The molecule has 0 amide bonds. The highest BCUT2D eigenvalue weighted by atomic mass is 16.1. The molecule has 1 saturated carbocycles. The molecule has 0 atom stereocenters. The van der Waals surface area contributed by atoms with Gasteiger partial charge >= 0.3 is 0 Å². The number of anilines is 1. The molecule has 1 aliphatic carbocycles. The number of unbranched alkanes of at least 4 members (excludes halogenated alkanes) is 1. The van der Waals surface area contributed by atoms with E-state index in [1.54, 1.807) is 19.2 Å². The first kappa shape index (κ1) is 12.1. The number of ketones is 1. The number of Topliss-reactive ketones (excluding diaryl/α,β-unsaturated/α-hetero) is 1. The summed E-state index contributed by atoms with van der Waals surface area (Å²) in [6.07, 6.45) is 6.64. The maximum absolute atomic E-state index is 11.4. The molecule has 0 unspecified atom stereocenters. The Labute approximate surface area is 103 Å². The minimum Gasteiger partial charge on any atom is -0.354 e. The number of nitrogens with zero attached hydrogens (tertiary/aromatic N) is 2. The Bertz CT molecular complexity index is 399. The van der Waals surface area contributed by atoms with Gasteiger partial charge in [-0.1, -0.05) is 13.3 Å². The molecule has 0 aliphatic heterocycles. The molecular formula is C14H20N2O. The molecule has 1 aliphatic rings. The van der Waals surface area contributed by atoms with Crippen molar-refractivity contribution in [2.45, 2.75) is 45.6 Å². The largest absolute Gasteiger partial charge is 0.354 e. The summed E-state index contributed by atoms with van der Waals surface area (Å²) in [6, 6.07) is 4.36. The fraction of sp³-hybridized carbons (Fsp3) is 0.571. The molecule has 1 aromatic rings. The standard InChI is InChI=1S/C14H20N2O/c1-3-4-9-16(13-5-6-13)14-10-12(11(2)17)7-8-15-14/h7-8,10,13H,3-6,9H2,1-2H3. The smallest absolute Gasteiger partial charge is 0.159 e. The minimum absolute atomic E-state index is 0.111. The molecule has 1 fully saturated rings. The van der Waals surface area contributed by atoms with Crippen molar-refractivity contribution >= 4 is 11.6 Å². The SMILES string of the molecule is CCCCN(c1cc(C(C)=O)ccn1)C1CC1. The van der Waals surface area contributed by atoms with Crippen molar-refractivity contribution in [1.29, 1.82) is 0 Å². The molecule has 0 spiro atoms. The van der Waals surface area contributed by atoms with Crippen molar-refractivity contribution in [1.82, 2.24) is 4.98 Å². The van der Waals surface area contributed by atoms with Crippen LogP contribution in [0.5, 0.6) is 0 Å². The van der Waals surface area contributed by atoms with Gasteiger partial charge in [-0.3, -0.25) is 4.79 Å². The van der Waals surface area contributed by atoms with Crippen LogP contribution in [0.4, 0.5) is 5.82 Å². The molecule has 0 N–H and O–H groups in total. The van der Waals surface area contributed by atoms with Crippen LogP contribution in [0, 0.1) is 0 Å². The molecule has 92 valence electrons. The highest BCUT2D eigenvalue weighted by Crippen LogP contribution is 2.31. The molecule has 1 aromatic heterocycles. The third-order valence-corrected chi connectivity index (χ3v) is 3.19. The number of hydrogen-bond acceptors (Lipinski definition) is 3. The Morgan fingerprint density at radius 3 is 2.88 bits per heavy atom. The Morgan fingerprint density at radius 2 is 2.29 bits per heavy atom. The van der Waals surface area contributed by atoms with E-state index in [-0.39, 0.29) is 5.78 Å². The molecule has 0 bridgehead atoms. The van der Waals surface area contributed by atoms with Gasteiger partial charge in [0, 0.05) is 24.3 Å². The summed E-state index contributed by atoms with van der Waals surface area (Å²) < 4.78 is 0. The predicted octanol–water partition coefficient (Wildman–Crippen LogP) is 3.05. The summed E-state index contributed by atoms with van der Waals surface area (Å²) in [5.74, 6) is 1.08. The second-order valence-corrected chi connectivity index (χ2v) is 4.74. The van der Waals surface area contributed by atoms with Crippen molar-refractivity contribution in [2.75, 3.05) is 11.4 Å². The van der Waals surface area contributed by atoms with Gasteiger partial charge in [0.05, 0.1) is 0 Å². The average molecular weight is 232 g/mol. The minimum atomic E-state index is 0.111. The normalized spacial score (nSPS) is 14.7. The zero-order valence-electron chi connectivity index (χ0n) is 10.6. The van der Waals surface area contributed by atoms with Crippen LogP contribution in [0.1, 0.15) is 49.9 Å². The predicted molar refractivity (Wildman–Crippen MR) is 69.5 cm³/mol. The van der Waals surface area contributed by atoms with Gasteiger partial charge in [-0.25, -0.2) is 4.98 Å². The zero-order valence-corrected chi connectivity index (χ0v) is 10.6. The van der Waals surface area contributed by atoms with Crippen LogP contribution >= 0.6 is 0 Å². The van der Waals surface area contributed by atoms with E-state index < -0.39 is 0 Å². The maximum Gasteiger partial charge on any atom is 0.159 e. The number of hydrogen-bond donors (Lipinski definition) is 0. The quantitative estimate of drug-likeness (QED) is 0.707. The zero-order chi connectivity index (χ0) is 12.3. The van der Waals surface area contributed by atoms with Crippen molar-refractivity contribution in [2.24, 2.45) is 0 Å². The van der Waals surface area contributed by atoms with Gasteiger partial charge in [-0.05, 0) is 38.3 Å². The highest BCUT2D eigenvalue weighted by molar-refractivity contribution is 5.94. The summed E-state index contributed by atoms with van der Waals surface area (Å²) in [4.78, 5) is 18.1. The van der Waals surface area contributed by atoms with E-state index >= 15 is 0 Å². The summed E-state index contributed by atoms with van der Waals surface area (Å²) in [7, 11) is 0. The monoisotopic (exact) mass is 232 g/mol. The van der Waals surface area contributed by atoms with E-state index in [0.29, 0.717) is 6.04 Å². The molecule has 1 heterocycles. The fourth-order valence-corrected chi connectivity index (χ4v) is 1.99. The van der Waals surface area contributed by atoms with Crippen molar-refractivity contribution in [3.05, 3.63) is 23.9 Å². The van der Waals surface area contributed by atoms with Crippen LogP contribution in [0.25, 0.3) is 0 Å². The Kier molecular flexibility index (Phi) is 3.77. The van der Waals surface area contributed by atoms with Gasteiger partial charge in [-0.15, -0.1) is 0 Å². The first-order valence-electron chi connectivity index (χ1n) is 6.46. The van der Waals surface area contributed by atoms with E-state index in [2.05, 4.69) is 16.8 Å². The summed E-state index contributed by atoms with van der Waals surface area (Å²) >= 11 is 0. The van der Waals surface area contributed by atoms with Gasteiger partial charge in [0.25, 0.3) is 0 Å². The van der Waals surface area contributed by atoms with Crippen molar-refractivity contribution < 1.29 is 4.79 Å². The summed E-state index contributed by atoms with van der Waals surface area (Å²) in [5, 5.41) is 0.